The molecule has 2 amide bonds. The van der Waals surface area contributed by atoms with Crippen molar-refractivity contribution in [3.8, 4) is 0 Å². The molecule has 0 aliphatic heterocycles. The van der Waals surface area contributed by atoms with Crippen molar-refractivity contribution in [2.45, 2.75) is 44.9 Å². The van der Waals surface area contributed by atoms with Gasteiger partial charge in [0.05, 0.1) is 12.1 Å². The fraction of sp³-hybridized carbons (Fsp3) is 0.364. The highest BCUT2D eigenvalue weighted by Crippen LogP contribution is 2.29. The van der Waals surface area contributed by atoms with Crippen LogP contribution < -0.4 is 10.6 Å². The summed E-state index contributed by atoms with van der Waals surface area (Å²) in [5.41, 5.74) is 3.01. The van der Waals surface area contributed by atoms with Crippen LogP contribution in [-0.4, -0.2) is 29.1 Å². The molecule has 5 nitrogen and oxygen atoms in total. The van der Waals surface area contributed by atoms with Crippen molar-refractivity contribution in [3.05, 3.63) is 71.3 Å². The summed E-state index contributed by atoms with van der Waals surface area (Å²) in [4.78, 5) is 25.0. The van der Waals surface area contributed by atoms with E-state index in [4.69, 9.17) is 0 Å². The van der Waals surface area contributed by atoms with Crippen molar-refractivity contribution in [2.24, 2.45) is 5.92 Å². The second-order valence-electron chi connectivity index (χ2n) is 7.26. The summed E-state index contributed by atoms with van der Waals surface area (Å²) in [5.74, 6) is -0.586. The summed E-state index contributed by atoms with van der Waals surface area (Å²) in [6.45, 7) is 3.53. The Morgan fingerprint density at radius 1 is 0.963 bits per heavy atom. The van der Waals surface area contributed by atoms with Gasteiger partial charge in [0.1, 0.15) is 6.04 Å². The zero-order valence-electron chi connectivity index (χ0n) is 15.7. The molecule has 2 aromatic rings. The monoisotopic (exact) mass is 366 g/mol. The van der Waals surface area contributed by atoms with E-state index in [9.17, 15) is 14.7 Å². The zero-order chi connectivity index (χ0) is 19.4. The van der Waals surface area contributed by atoms with Crippen LogP contribution in [-0.2, 0) is 9.59 Å². The summed E-state index contributed by atoms with van der Waals surface area (Å²) < 4.78 is 0. The number of benzene rings is 2. The minimum atomic E-state index is -0.984. The Bertz CT molecular complexity index is 783. The van der Waals surface area contributed by atoms with Crippen LogP contribution in [0.2, 0.25) is 0 Å². The number of hydrogen-bond acceptors (Lipinski definition) is 3. The topological polar surface area (TPSA) is 78.4 Å². The van der Waals surface area contributed by atoms with E-state index < -0.39 is 18.1 Å². The van der Waals surface area contributed by atoms with Crippen molar-refractivity contribution in [2.75, 3.05) is 0 Å². The summed E-state index contributed by atoms with van der Waals surface area (Å²) in [6, 6.07) is 16.3. The second-order valence-corrected chi connectivity index (χ2v) is 7.26. The molecule has 1 saturated carbocycles. The van der Waals surface area contributed by atoms with Gasteiger partial charge >= 0.3 is 0 Å². The average molecular weight is 366 g/mol. The molecule has 0 spiro atoms. The van der Waals surface area contributed by atoms with Gasteiger partial charge in [-0.25, -0.2) is 0 Å². The third-order valence-corrected chi connectivity index (χ3v) is 4.84. The van der Waals surface area contributed by atoms with Crippen molar-refractivity contribution in [1.29, 1.82) is 0 Å². The van der Waals surface area contributed by atoms with E-state index >= 15 is 0 Å². The average Bonchev–Trinajstić information content (AvgIpc) is 3.50. The van der Waals surface area contributed by atoms with Crippen molar-refractivity contribution in [1.82, 2.24) is 10.6 Å². The summed E-state index contributed by atoms with van der Waals surface area (Å²) in [7, 11) is 0. The van der Waals surface area contributed by atoms with E-state index in [-0.39, 0.29) is 17.9 Å². The molecule has 3 N–H and O–H groups in total. The number of amides is 2. The maximum Gasteiger partial charge on any atom is 0.246 e. The minimum absolute atomic E-state index is 0.0268. The normalized spacial score (nSPS) is 16.9. The highest BCUT2D eigenvalue weighted by molar-refractivity contribution is 5.90. The van der Waals surface area contributed by atoms with E-state index in [1.54, 1.807) is 0 Å². The van der Waals surface area contributed by atoms with E-state index in [1.165, 1.54) is 6.92 Å². The molecule has 27 heavy (non-hydrogen) atoms. The predicted molar refractivity (Wildman–Crippen MR) is 104 cm³/mol. The van der Waals surface area contributed by atoms with E-state index in [0.29, 0.717) is 0 Å². The number of aryl methyl sites for hydroxylation is 1. The van der Waals surface area contributed by atoms with E-state index in [1.807, 2.05) is 61.5 Å². The highest BCUT2D eigenvalue weighted by Gasteiger charge is 2.35. The number of carbonyl (C=O) groups is 2. The Kier molecular flexibility index (Phi) is 5.91. The van der Waals surface area contributed by atoms with E-state index in [2.05, 4.69) is 10.6 Å². The van der Waals surface area contributed by atoms with Crippen LogP contribution in [0.15, 0.2) is 54.6 Å². The first-order chi connectivity index (χ1) is 13.0. The first-order valence-electron chi connectivity index (χ1n) is 9.36. The van der Waals surface area contributed by atoms with Gasteiger partial charge in [0, 0.05) is 5.92 Å². The molecule has 0 heterocycles. The van der Waals surface area contributed by atoms with Gasteiger partial charge < -0.3 is 15.7 Å². The van der Waals surface area contributed by atoms with Gasteiger partial charge in [-0.3, -0.25) is 9.59 Å². The third kappa shape index (κ3) is 4.95. The lowest BCUT2D eigenvalue weighted by Crippen LogP contribution is -2.53. The van der Waals surface area contributed by atoms with Gasteiger partial charge in [-0.1, -0.05) is 60.2 Å². The zero-order valence-corrected chi connectivity index (χ0v) is 15.7. The number of hydrogen-bond donors (Lipinski definition) is 3. The molecule has 0 bridgehead atoms. The fourth-order valence-electron chi connectivity index (χ4n) is 3.02. The van der Waals surface area contributed by atoms with Crippen molar-refractivity contribution in [3.63, 3.8) is 0 Å². The minimum Gasteiger partial charge on any atom is -0.391 e. The molecule has 0 radical (unpaired) electrons. The van der Waals surface area contributed by atoms with E-state index in [0.717, 1.165) is 29.5 Å². The summed E-state index contributed by atoms with van der Waals surface area (Å²) in [5, 5.41) is 15.7. The van der Waals surface area contributed by atoms with Crippen LogP contribution >= 0.6 is 0 Å². The number of rotatable bonds is 7. The number of aliphatic hydroxyl groups is 1. The SMILES string of the molecule is Cc1ccc([C@H](NC(=O)[C@@H](NC(=O)C2CC2)[C@@H](C)O)c2ccccc2)cc1. The predicted octanol–water partition coefficient (Wildman–Crippen LogP) is 2.48. The molecular weight excluding hydrogens is 340 g/mol. The Balaban J connectivity index is 1.82. The van der Waals surface area contributed by atoms with Gasteiger partial charge in [-0.05, 0) is 37.8 Å². The summed E-state index contributed by atoms with van der Waals surface area (Å²) >= 11 is 0. The Hall–Kier alpha value is -2.66. The van der Waals surface area contributed by atoms with Crippen LogP contribution in [0, 0.1) is 12.8 Å². The van der Waals surface area contributed by atoms with Gasteiger partial charge in [0.25, 0.3) is 0 Å². The summed E-state index contributed by atoms with van der Waals surface area (Å²) in [6.07, 6.45) is 0.702. The maximum absolute atomic E-state index is 12.9. The molecule has 1 aliphatic carbocycles. The number of carbonyl (C=O) groups excluding carboxylic acids is 2. The van der Waals surface area contributed by atoms with Crippen LogP contribution in [0.1, 0.15) is 42.5 Å². The smallest absolute Gasteiger partial charge is 0.246 e. The van der Waals surface area contributed by atoms with Gasteiger partial charge in [-0.2, -0.15) is 0 Å². The largest absolute Gasteiger partial charge is 0.391 e. The highest BCUT2D eigenvalue weighted by atomic mass is 16.3. The lowest BCUT2D eigenvalue weighted by Gasteiger charge is -2.26. The van der Waals surface area contributed by atoms with Crippen molar-refractivity contribution >= 4 is 11.8 Å². The lowest BCUT2D eigenvalue weighted by atomic mass is 9.97. The number of nitrogens with one attached hydrogen (secondary N) is 2. The van der Waals surface area contributed by atoms with Crippen LogP contribution in [0.5, 0.6) is 0 Å². The molecule has 1 aliphatic rings. The molecule has 142 valence electrons. The molecule has 0 aromatic heterocycles. The molecule has 5 heteroatoms. The second kappa shape index (κ2) is 8.35. The Labute approximate surface area is 159 Å². The number of aliphatic hydroxyl groups excluding tert-OH is 1. The van der Waals surface area contributed by atoms with Crippen LogP contribution in [0.3, 0.4) is 0 Å². The Morgan fingerprint density at radius 3 is 2.11 bits per heavy atom. The maximum atomic E-state index is 12.9. The molecule has 3 atom stereocenters. The first kappa shape index (κ1) is 19.1. The molecular formula is C22H26N2O3. The fourth-order valence-corrected chi connectivity index (χ4v) is 3.02. The quantitative estimate of drug-likeness (QED) is 0.704. The van der Waals surface area contributed by atoms with Crippen LogP contribution in [0.4, 0.5) is 0 Å². The molecule has 0 saturated heterocycles. The molecule has 3 rings (SSSR count). The lowest BCUT2D eigenvalue weighted by molar-refractivity contribution is -0.132. The van der Waals surface area contributed by atoms with Crippen LogP contribution in [0.25, 0.3) is 0 Å². The van der Waals surface area contributed by atoms with Gasteiger partial charge in [0.15, 0.2) is 0 Å². The van der Waals surface area contributed by atoms with Gasteiger partial charge in [-0.15, -0.1) is 0 Å². The molecule has 0 unspecified atom stereocenters. The molecule has 1 fully saturated rings. The molecule has 2 aromatic carbocycles. The van der Waals surface area contributed by atoms with Gasteiger partial charge in [0.2, 0.25) is 11.8 Å². The standard InChI is InChI=1S/C22H26N2O3/c1-14-8-10-17(11-9-14)20(16-6-4-3-5-7-16)24-22(27)19(15(2)25)23-21(26)18-12-13-18/h3-11,15,18-20,25H,12-13H2,1-2H3,(H,23,26)(H,24,27)/t15-,19+,20-/m1/s1. The Morgan fingerprint density at radius 2 is 1.56 bits per heavy atom. The third-order valence-electron chi connectivity index (χ3n) is 4.84. The first-order valence-corrected chi connectivity index (χ1v) is 9.36. The van der Waals surface area contributed by atoms with Crippen molar-refractivity contribution < 1.29 is 14.7 Å².